The van der Waals surface area contributed by atoms with Crippen molar-refractivity contribution in [2.45, 2.75) is 52.5 Å². The largest absolute Gasteiger partial charge is 0.342 e. The smallest absolute Gasteiger partial charge is 0.253 e. The van der Waals surface area contributed by atoms with E-state index in [0.29, 0.717) is 18.2 Å². The Morgan fingerprint density at radius 1 is 1.07 bits per heavy atom. The number of aromatic nitrogens is 2. The van der Waals surface area contributed by atoms with Crippen molar-refractivity contribution in [2.24, 2.45) is 5.92 Å². The molecule has 1 aromatic heterocycles. The van der Waals surface area contributed by atoms with Gasteiger partial charge in [-0.3, -0.25) is 14.3 Å². The van der Waals surface area contributed by atoms with E-state index in [2.05, 4.69) is 18.1 Å². The minimum absolute atomic E-state index is 0.111. The van der Waals surface area contributed by atoms with Gasteiger partial charge in [0.1, 0.15) is 0 Å². The topological polar surface area (TPSA) is 58.4 Å². The summed E-state index contributed by atoms with van der Waals surface area (Å²) >= 11 is 0. The summed E-state index contributed by atoms with van der Waals surface area (Å²) in [5, 5.41) is 4.51. The van der Waals surface area contributed by atoms with Gasteiger partial charge in [0.25, 0.3) is 5.91 Å². The molecule has 6 nitrogen and oxygen atoms in total. The zero-order chi connectivity index (χ0) is 21.1. The molecule has 2 aliphatic heterocycles. The molecule has 0 radical (unpaired) electrons. The van der Waals surface area contributed by atoms with E-state index in [9.17, 15) is 9.59 Å². The van der Waals surface area contributed by atoms with Crippen molar-refractivity contribution in [1.29, 1.82) is 0 Å². The summed E-state index contributed by atoms with van der Waals surface area (Å²) in [6.07, 6.45) is 4.81. The van der Waals surface area contributed by atoms with E-state index in [1.54, 1.807) is 0 Å². The number of carbonyl (C=O) groups is 2. The highest BCUT2D eigenvalue weighted by Gasteiger charge is 2.27. The van der Waals surface area contributed by atoms with E-state index in [-0.39, 0.29) is 5.91 Å². The average Bonchev–Trinajstić information content (AvgIpc) is 3.07. The van der Waals surface area contributed by atoms with Crippen LogP contribution in [0.4, 0.5) is 0 Å². The quantitative estimate of drug-likeness (QED) is 0.762. The van der Waals surface area contributed by atoms with Crippen LogP contribution in [0.1, 0.15) is 59.4 Å². The Morgan fingerprint density at radius 3 is 2.43 bits per heavy atom. The van der Waals surface area contributed by atoms with E-state index in [4.69, 9.17) is 0 Å². The number of likely N-dealkylation sites (tertiary alicyclic amines) is 2. The Labute approximate surface area is 178 Å². The van der Waals surface area contributed by atoms with Crippen molar-refractivity contribution < 1.29 is 9.59 Å². The molecule has 0 N–H and O–H groups in total. The van der Waals surface area contributed by atoms with Crippen molar-refractivity contribution in [3.63, 3.8) is 0 Å². The van der Waals surface area contributed by atoms with Crippen LogP contribution in [0.2, 0.25) is 0 Å². The maximum atomic E-state index is 12.9. The maximum absolute atomic E-state index is 12.9. The molecule has 0 atom stereocenters. The Hall–Kier alpha value is -2.63. The molecule has 0 saturated carbocycles. The Bertz CT molecular complexity index is 894. The number of nitrogens with zero attached hydrogens (tertiary/aromatic N) is 4. The molecule has 2 aromatic rings. The number of amides is 2. The predicted octanol–water partition coefficient (Wildman–Crippen LogP) is 3.41. The molecule has 0 aliphatic carbocycles. The van der Waals surface area contributed by atoms with E-state index >= 15 is 0 Å². The van der Waals surface area contributed by atoms with Crippen molar-refractivity contribution in [3.05, 3.63) is 52.8 Å². The Balaban J connectivity index is 1.29. The van der Waals surface area contributed by atoms with E-state index in [1.165, 1.54) is 0 Å². The van der Waals surface area contributed by atoms with Crippen LogP contribution in [-0.2, 0) is 11.3 Å². The number of piperidine rings is 2. The molecule has 2 fully saturated rings. The van der Waals surface area contributed by atoms with Crippen molar-refractivity contribution in [1.82, 2.24) is 19.6 Å². The van der Waals surface area contributed by atoms with Crippen molar-refractivity contribution >= 4 is 11.8 Å². The maximum Gasteiger partial charge on any atom is 0.253 e. The van der Waals surface area contributed by atoms with E-state index < -0.39 is 0 Å². The lowest BCUT2D eigenvalue weighted by molar-refractivity contribution is -0.134. The first-order valence-electron chi connectivity index (χ1n) is 11.2. The molecule has 2 aliphatic rings. The molecule has 0 spiro atoms. The molecule has 2 saturated heterocycles. The minimum Gasteiger partial charge on any atom is -0.342 e. The fourth-order valence-corrected chi connectivity index (χ4v) is 4.63. The standard InChI is InChI=1S/C24H32N4O2/c1-18-15-19(2)28(25-18)17-20-6-8-22(9-7-20)24(30)26-13-10-21(11-14-26)16-27-12-4-3-5-23(27)29/h6-9,15,21H,3-5,10-14,16-17H2,1-2H3. The summed E-state index contributed by atoms with van der Waals surface area (Å²) in [6, 6.07) is 9.99. The number of hydrogen-bond acceptors (Lipinski definition) is 3. The first-order chi connectivity index (χ1) is 14.5. The number of rotatable bonds is 5. The second-order valence-electron chi connectivity index (χ2n) is 8.81. The lowest BCUT2D eigenvalue weighted by Crippen LogP contribution is -2.44. The summed E-state index contributed by atoms with van der Waals surface area (Å²) in [4.78, 5) is 29.0. The molecule has 1 aromatic carbocycles. The van der Waals surface area contributed by atoms with Gasteiger partial charge in [-0.2, -0.15) is 5.10 Å². The van der Waals surface area contributed by atoms with Gasteiger partial charge in [0, 0.05) is 43.9 Å². The molecule has 30 heavy (non-hydrogen) atoms. The normalized spacial score (nSPS) is 18.1. The highest BCUT2D eigenvalue weighted by atomic mass is 16.2. The number of benzene rings is 1. The third kappa shape index (κ3) is 4.74. The molecule has 3 heterocycles. The predicted molar refractivity (Wildman–Crippen MR) is 116 cm³/mol. The minimum atomic E-state index is 0.111. The SMILES string of the molecule is Cc1cc(C)n(Cc2ccc(C(=O)N3CCC(CN4CCCCC4=O)CC3)cc2)n1. The molecule has 4 rings (SSSR count). The average molecular weight is 409 g/mol. The third-order valence-electron chi connectivity index (χ3n) is 6.44. The van der Waals surface area contributed by atoms with E-state index in [0.717, 1.165) is 80.9 Å². The zero-order valence-corrected chi connectivity index (χ0v) is 18.1. The van der Waals surface area contributed by atoms with Gasteiger partial charge in [-0.05, 0) is 69.2 Å². The Morgan fingerprint density at radius 2 is 1.80 bits per heavy atom. The summed E-state index contributed by atoms with van der Waals surface area (Å²) in [6.45, 7) is 8.10. The summed E-state index contributed by atoms with van der Waals surface area (Å²) < 4.78 is 1.99. The molecule has 0 unspecified atom stereocenters. The lowest BCUT2D eigenvalue weighted by atomic mass is 9.94. The van der Waals surface area contributed by atoms with Crippen LogP contribution in [0, 0.1) is 19.8 Å². The van der Waals surface area contributed by atoms with Crippen molar-refractivity contribution in [2.75, 3.05) is 26.2 Å². The molecule has 0 bridgehead atoms. The highest BCUT2D eigenvalue weighted by molar-refractivity contribution is 5.94. The van der Waals surface area contributed by atoms with Crippen LogP contribution in [0.15, 0.2) is 30.3 Å². The van der Waals surface area contributed by atoms with Crippen molar-refractivity contribution in [3.8, 4) is 0 Å². The van der Waals surface area contributed by atoms with Crippen LogP contribution in [0.5, 0.6) is 0 Å². The Kier molecular flexibility index (Phi) is 6.21. The number of carbonyl (C=O) groups excluding carboxylic acids is 2. The number of aryl methyl sites for hydroxylation is 2. The summed E-state index contributed by atoms with van der Waals surface area (Å²) in [5.41, 5.74) is 4.05. The lowest BCUT2D eigenvalue weighted by Gasteiger charge is -2.36. The molecule has 160 valence electrons. The summed E-state index contributed by atoms with van der Waals surface area (Å²) in [5.74, 6) is 0.930. The van der Waals surface area contributed by atoms with Gasteiger partial charge in [-0.1, -0.05) is 12.1 Å². The first kappa shape index (κ1) is 20.6. The fraction of sp³-hybridized carbons (Fsp3) is 0.542. The monoisotopic (exact) mass is 408 g/mol. The van der Waals surface area contributed by atoms with Gasteiger partial charge >= 0.3 is 0 Å². The molecular weight excluding hydrogens is 376 g/mol. The van der Waals surface area contributed by atoms with Gasteiger partial charge in [-0.25, -0.2) is 0 Å². The second kappa shape index (κ2) is 9.02. The fourth-order valence-electron chi connectivity index (χ4n) is 4.63. The molecular formula is C24H32N4O2. The first-order valence-corrected chi connectivity index (χ1v) is 11.2. The molecule has 6 heteroatoms. The van der Waals surface area contributed by atoms with Gasteiger partial charge in [0.05, 0.1) is 12.2 Å². The van der Waals surface area contributed by atoms with Crippen LogP contribution in [-0.4, -0.2) is 57.6 Å². The second-order valence-corrected chi connectivity index (χ2v) is 8.81. The van der Waals surface area contributed by atoms with Crippen LogP contribution >= 0.6 is 0 Å². The van der Waals surface area contributed by atoms with Crippen LogP contribution in [0.3, 0.4) is 0 Å². The molecule has 2 amide bonds. The van der Waals surface area contributed by atoms with E-state index in [1.807, 2.05) is 45.7 Å². The van der Waals surface area contributed by atoms with Gasteiger partial charge in [0.15, 0.2) is 0 Å². The zero-order valence-electron chi connectivity index (χ0n) is 18.1. The van der Waals surface area contributed by atoms with Gasteiger partial charge < -0.3 is 9.80 Å². The van der Waals surface area contributed by atoms with Gasteiger partial charge in [-0.15, -0.1) is 0 Å². The van der Waals surface area contributed by atoms with Gasteiger partial charge in [0.2, 0.25) is 5.91 Å². The third-order valence-corrected chi connectivity index (χ3v) is 6.44. The van der Waals surface area contributed by atoms with Crippen LogP contribution < -0.4 is 0 Å². The summed E-state index contributed by atoms with van der Waals surface area (Å²) in [7, 11) is 0. The van der Waals surface area contributed by atoms with Crippen LogP contribution in [0.25, 0.3) is 0 Å². The highest BCUT2D eigenvalue weighted by Crippen LogP contribution is 2.22. The number of hydrogen-bond donors (Lipinski definition) is 0.